The molecule has 1 unspecified atom stereocenters. The molecule has 0 radical (unpaired) electrons. The molecule has 1 aromatic carbocycles. The van der Waals surface area contributed by atoms with E-state index in [-0.39, 0.29) is 18.0 Å². The van der Waals surface area contributed by atoms with E-state index in [0.717, 1.165) is 18.4 Å². The second-order valence-electron chi connectivity index (χ2n) is 8.51. The third kappa shape index (κ3) is 5.13. The number of aliphatic hydroxyl groups excluding tert-OH is 2. The van der Waals surface area contributed by atoms with Crippen LogP contribution in [0, 0.1) is 5.82 Å². The van der Waals surface area contributed by atoms with Crippen molar-refractivity contribution in [2.24, 2.45) is 7.05 Å². The van der Waals surface area contributed by atoms with Crippen molar-refractivity contribution in [1.82, 2.24) is 24.9 Å². The molecule has 0 saturated carbocycles. The predicted molar refractivity (Wildman–Crippen MR) is 122 cm³/mol. The topological polar surface area (TPSA) is 108 Å². The van der Waals surface area contributed by atoms with Gasteiger partial charge in [0.25, 0.3) is 5.56 Å². The fourth-order valence-electron chi connectivity index (χ4n) is 4.13. The lowest BCUT2D eigenvalue weighted by Crippen LogP contribution is -2.39. The van der Waals surface area contributed by atoms with Crippen LogP contribution in [0.25, 0.3) is 5.69 Å². The van der Waals surface area contributed by atoms with Gasteiger partial charge in [-0.05, 0) is 49.4 Å². The van der Waals surface area contributed by atoms with E-state index in [1.54, 1.807) is 37.1 Å². The quantitative estimate of drug-likeness (QED) is 0.462. The lowest BCUT2D eigenvalue weighted by Gasteiger charge is -2.33. The summed E-state index contributed by atoms with van der Waals surface area (Å²) >= 11 is 0. The molecular formula is C23H29FN6O3. The molecule has 9 nitrogen and oxygen atoms in total. The minimum absolute atomic E-state index is 0.143. The van der Waals surface area contributed by atoms with Gasteiger partial charge in [-0.15, -0.1) is 5.10 Å². The van der Waals surface area contributed by atoms with Crippen LogP contribution in [0.5, 0.6) is 0 Å². The first-order chi connectivity index (χ1) is 15.9. The van der Waals surface area contributed by atoms with Crippen molar-refractivity contribution in [3.05, 3.63) is 70.0 Å². The first kappa shape index (κ1) is 23.1. The molecule has 4 rings (SSSR count). The van der Waals surface area contributed by atoms with E-state index in [2.05, 4.69) is 20.4 Å². The standard InChI is InChI=1S/C23H29FN6O3/c1-15(14-31)26-22(32)20-11-21(27-30(23(20)33)19-12-25-28(2)13-19)29-9-7-17(8-10-29)16-3-5-18(24)6-4-16/h3-6,11-13,15,17,22,26,31-32H,7-10,14H2,1-2H3/t15-,22?/m0/s1. The zero-order valence-corrected chi connectivity index (χ0v) is 18.7. The maximum absolute atomic E-state index is 13.3. The minimum Gasteiger partial charge on any atom is -0.395 e. The summed E-state index contributed by atoms with van der Waals surface area (Å²) in [5.41, 5.74) is 1.29. The molecular weight excluding hydrogens is 427 g/mol. The Hall–Kier alpha value is -3.08. The summed E-state index contributed by atoms with van der Waals surface area (Å²) in [4.78, 5) is 15.2. The number of nitrogens with one attached hydrogen (secondary N) is 1. The molecule has 3 heterocycles. The Morgan fingerprint density at radius 1 is 1.24 bits per heavy atom. The molecule has 3 N–H and O–H groups in total. The van der Waals surface area contributed by atoms with Gasteiger partial charge in [0.1, 0.15) is 23.6 Å². The van der Waals surface area contributed by atoms with E-state index in [0.29, 0.717) is 30.5 Å². The second-order valence-corrected chi connectivity index (χ2v) is 8.51. The number of rotatable bonds is 7. The molecule has 1 fully saturated rings. The molecule has 10 heteroatoms. The zero-order valence-electron chi connectivity index (χ0n) is 18.7. The highest BCUT2D eigenvalue weighted by Crippen LogP contribution is 2.30. The van der Waals surface area contributed by atoms with Gasteiger partial charge in [0.15, 0.2) is 0 Å². The summed E-state index contributed by atoms with van der Waals surface area (Å²) < 4.78 is 16.1. The Kier molecular flexibility index (Phi) is 6.87. The molecule has 0 aliphatic carbocycles. The summed E-state index contributed by atoms with van der Waals surface area (Å²) in [7, 11) is 1.75. The fourth-order valence-corrected chi connectivity index (χ4v) is 4.13. The van der Waals surface area contributed by atoms with Crippen LogP contribution in [-0.2, 0) is 7.05 Å². The molecule has 3 aromatic rings. The van der Waals surface area contributed by atoms with Gasteiger partial charge in [-0.2, -0.15) is 9.78 Å². The minimum atomic E-state index is -1.26. The molecule has 2 aromatic heterocycles. The number of aryl methyl sites for hydroxylation is 1. The fraction of sp³-hybridized carbons (Fsp3) is 0.435. The lowest BCUT2D eigenvalue weighted by atomic mass is 9.89. The van der Waals surface area contributed by atoms with Crippen molar-refractivity contribution in [3.8, 4) is 5.69 Å². The summed E-state index contributed by atoms with van der Waals surface area (Å²) in [5.74, 6) is 0.653. The van der Waals surface area contributed by atoms with Gasteiger partial charge in [0, 0.05) is 26.2 Å². The maximum Gasteiger partial charge on any atom is 0.278 e. The van der Waals surface area contributed by atoms with Crippen LogP contribution >= 0.6 is 0 Å². The monoisotopic (exact) mass is 456 g/mol. The van der Waals surface area contributed by atoms with Crippen molar-refractivity contribution in [2.75, 3.05) is 24.6 Å². The van der Waals surface area contributed by atoms with E-state index in [9.17, 15) is 19.4 Å². The Balaban J connectivity index is 1.62. The van der Waals surface area contributed by atoms with Crippen molar-refractivity contribution >= 4 is 5.82 Å². The number of halogens is 1. The number of piperidine rings is 1. The molecule has 33 heavy (non-hydrogen) atoms. The number of aromatic nitrogens is 4. The largest absolute Gasteiger partial charge is 0.395 e. The average molecular weight is 457 g/mol. The second kappa shape index (κ2) is 9.82. The molecule has 2 atom stereocenters. The number of hydrogen-bond donors (Lipinski definition) is 3. The van der Waals surface area contributed by atoms with Gasteiger partial charge >= 0.3 is 0 Å². The van der Waals surface area contributed by atoms with Crippen LogP contribution in [0.15, 0.2) is 47.5 Å². The third-order valence-corrected chi connectivity index (χ3v) is 6.03. The van der Waals surface area contributed by atoms with E-state index in [1.165, 1.54) is 16.8 Å². The highest BCUT2D eigenvalue weighted by Gasteiger charge is 2.25. The summed E-state index contributed by atoms with van der Waals surface area (Å²) in [6, 6.07) is 7.85. The van der Waals surface area contributed by atoms with Crippen molar-refractivity contribution < 1.29 is 14.6 Å². The molecule has 176 valence electrons. The number of benzene rings is 1. The Morgan fingerprint density at radius 2 is 1.94 bits per heavy atom. The Bertz CT molecular complexity index is 1140. The first-order valence-corrected chi connectivity index (χ1v) is 11.0. The van der Waals surface area contributed by atoms with Crippen molar-refractivity contribution in [1.29, 1.82) is 0 Å². The van der Waals surface area contributed by atoms with Gasteiger partial charge in [0.05, 0.1) is 24.6 Å². The number of anilines is 1. The highest BCUT2D eigenvalue weighted by molar-refractivity contribution is 5.43. The predicted octanol–water partition coefficient (Wildman–Crippen LogP) is 1.45. The molecule has 1 aliphatic rings. The van der Waals surface area contributed by atoms with Gasteiger partial charge < -0.3 is 15.1 Å². The van der Waals surface area contributed by atoms with Crippen LogP contribution in [0.1, 0.15) is 43.0 Å². The molecule has 0 bridgehead atoms. The zero-order chi connectivity index (χ0) is 23.5. The molecule has 0 amide bonds. The van der Waals surface area contributed by atoms with E-state index in [1.807, 2.05) is 12.1 Å². The normalized spacial score (nSPS) is 16.7. The molecule has 1 aliphatic heterocycles. The summed E-state index contributed by atoms with van der Waals surface area (Å²) in [5, 5.41) is 31.5. The Labute approximate surface area is 191 Å². The van der Waals surface area contributed by atoms with Crippen molar-refractivity contribution in [3.63, 3.8) is 0 Å². The van der Waals surface area contributed by atoms with E-state index < -0.39 is 17.8 Å². The first-order valence-electron chi connectivity index (χ1n) is 11.0. The maximum atomic E-state index is 13.3. The van der Waals surface area contributed by atoms with Gasteiger partial charge in [-0.3, -0.25) is 14.8 Å². The average Bonchev–Trinajstić information content (AvgIpc) is 3.25. The highest BCUT2D eigenvalue weighted by atomic mass is 19.1. The van der Waals surface area contributed by atoms with Crippen LogP contribution in [0.2, 0.25) is 0 Å². The van der Waals surface area contributed by atoms with Crippen molar-refractivity contribution in [2.45, 2.75) is 38.0 Å². The molecule has 0 spiro atoms. The number of nitrogens with zero attached hydrogens (tertiary/aromatic N) is 5. The summed E-state index contributed by atoms with van der Waals surface area (Å²) in [6.45, 7) is 2.94. The SMILES string of the molecule is C[C@@H](CO)NC(O)c1cc(N2CCC(c3ccc(F)cc3)CC2)nn(-c2cnn(C)c2)c1=O. The van der Waals surface area contributed by atoms with Crippen LogP contribution < -0.4 is 15.8 Å². The van der Waals surface area contributed by atoms with E-state index >= 15 is 0 Å². The van der Waals surface area contributed by atoms with Crippen LogP contribution in [-0.4, -0.2) is 55.5 Å². The van der Waals surface area contributed by atoms with Gasteiger partial charge in [-0.1, -0.05) is 12.1 Å². The summed E-state index contributed by atoms with van der Waals surface area (Å²) in [6.07, 6.45) is 3.67. The van der Waals surface area contributed by atoms with Crippen LogP contribution in [0.3, 0.4) is 0 Å². The Morgan fingerprint density at radius 3 is 2.55 bits per heavy atom. The van der Waals surface area contributed by atoms with Gasteiger partial charge in [-0.25, -0.2) is 4.39 Å². The number of hydrogen-bond acceptors (Lipinski definition) is 7. The molecule has 1 saturated heterocycles. The smallest absolute Gasteiger partial charge is 0.278 e. The van der Waals surface area contributed by atoms with E-state index in [4.69, 9.17) is 0 Å². The van der Waals surface area contributed by atoms with Gasteiger partial charge in [0.2, 0.25) is 0 Å². The number of aliphatic hydroxyl groups is 2. The van der Waals surface area contributed by atoms with Crippen LogP contribution in [0.4, 0.5) is 10.2 Å². The third-order valence-electron chi connectivity index (χ3n) is 6.03. The lowest BCUT2D eigenvalue weighted by molar-refractivity contribution is 0.107.